The molecule has 1 N–H and O–H groups in total. The van der Waals surface area contributed by atoms with Gasteiger partial charge in [-0.05, 0) is 21.0 Å². The van der Waals surface area contributed by atoms with Crippen molar-refractivity contribution in [3.8, 4) is 0 Å². The van der Waals surface area contributed by atoms with Crippen LogP contribution >= 0.6 is 0 Å². The molecule has 1 heterocycles. The minimum absolute atomic E-state index is 0.273. The maximum atomic E-state index is 11.1. The number of rotatable bonds is 4. The van der Waals surface area contributed by atoms with Gasteiger partial charge >= 0.3 is 5.97 Å². The molecule has 78 valence electrons. The SMILES string of the molecule is CN(C)C(C)(Cn1cncn1)C(=O)O. The van der Waals surface area contributed by atoms with Crippen LogP contribution in [0.3, 0.4) is 0 Å². The maximum Gasteiger partial charge on any atom is 0.325 e. The van der Waals surface area contributed by atoms with Crippen LogP contribution in [0.15, 0.2) is 12.7 Å². The van der Waals surface area contributed by atoms with Crippen molar-refractivity contribution in [1.82, 2.24) is 19.7 Å². The highest BCUT2D eigenvalue weighted by molar-refractivity contribution is 5.78. The molecule has 0 fully saturated rings. The Morgan fingerprint density at radius 3 is 2.64 bits per heavy atom. The fourth-order valence-electron chi connectivity index (χ4n) is 1.03. The molecule has 0 saturated heterocycles. The molecule has 6 heteroatoms. The molecule has 1 aromatic rings. The number of aromatic nitrogens is 3. The zero-order valence-corrected chi connectivity index (χ0v) is 8.51. The lowest BCUT2D eigenvalue weighted by atomic mass is 10.0. The number of aliphatic carboxylic acids is 1. The van der Waals surface area contributed by atoms with E-state index in [2.05, 4.69) is 10.1 Å². The molecule has 0 aliphatic carbocycles. The first kappa shape index (κ1) is 10.6. The molecule has 0 aliphatic rings. The van der Waals surface area contributed by atoms with E-state index >= 15 is 0 Å². The van der Waals surface area contributed by atoms with Crippen molar-refractivity contribution in [3.05, 3.63) is 12.7 Å². The Kier molecular flexibility index (Phi) is 2.85. The summed E-state index contributed by atoms with van der Waals surface area (Å²) in [5.41, 5.74) is -0.965. The lowest BCUT2D eigenvalue weighted by Gasteiger charge is -2.31. The van der Waals surface area contributed by atoms with Crippen molar-refractivity contribution in [2.24, 2.45) is 0 Å². The van der Waals surface area contributed by atoms with Crippen LogP contribution in [-0.2, 0) is 11.3 Å². The summed E-state index contributed by atoms with van der Waals surface area (Å²) < 4.78 is 1.51. The molecule has 1 aromatic heterocycles. The summed E-state index contributed by atoms with van der Waals surface area (Å²) in [7, 11) is 3.45. The Morgan fingerprint density at radius 1 is 1.64 bits per heavy atom. The van der Waals surface area contributed by atoms with Crippen LogP contribution in [0.25, 0.3) is 0 Å². The minimum Gasteiger partial charge on any atom is -0.480 e. The van der Waals surface area contributed by atoms with Crippen LogP contribution < -0.4 is 0 Å². The second kappa shape index (κ2) is 3.75. The van der Waals surface area contributed by atoms with Crippen molar-refractivity contribution in [1.29, 1.82) is 0 Å². The first-order chi connectivity index (χ1) is 6.47. The van der Waals surface area contributed by atoms with Gasteiger partial charge in [0.2, 0.25) is 0 Å². The van der Waals surface area contributed by atoms with E-state index < -0.39 is 11.5 Å². The number of likely N-dealkylation sites (N-methyl/N-ethyl adjacent to an activating group) is 1. The molecule has 1 rings (SSSR count). The lowest BCUT2D eigenvalue weighted by molar-refractivity contribution is -0.149. The summed E-state index contributed by atoms with van der Waals surface area (Å²) in [5, 5.41) is 13.0. The van der Waals surface area contributed by atoms with Gasteiger partial charge in [-0.2, -0.15) is 5.10 Å². The van der Waals surface area contributed by atoms with Crippen LogP contribution in [-0.4, -0.2) is 50.4 Å². The molecular formula is C8H14N4O2. The topological polar surface area (TPSA) is 71.2 Å². The molecule has 0 saturated carbocycles. The van der Waals surface area contributed by atoms with Crippen LogP contribution in [0.2, 0.25) is 0 Å². The van der Waals surface area contributed by atoms with E-state index in [0.717, 1.165) is 0 Å². The first-order valence-electron chi connectivity index (χ1n) is 4.20. The second-order valence-electron chi connectivity index (χ2n) is 3.57. The van der Waals surface area contributed by atoms with Gasteiger partial charge in [0.1, 0.15) is 18.2 Å². The monoisotopic (exact) mass is 198 g/mol. The van der Waals surface area contributed by atoms with E-state index in [4.69, 9.17) is 5.11 Å². The number of carbonyl (C=O) groups is 1. The van der Waals surface area contributed by atoms with Gasteiger partial charge in [0.25, 0.3) is 0 Å². The van der Waals surface area contributed by atoms with Crippen molar-refractivity contribution in [3.63, 3.8) is 0 Å². The number of hydrogen-bond acceptors (Lipinski definition) is 4. The number of nitrogens with zero attached hydrogens (tertiary/aromatic N) is 4. The van der Waals surface area contributed by atoms with Crippen LogP contribution in [0.5, 0.6) is 0 Å². The van der Waals surface area contributed by atoms with Crippen molar-refractivity contribution in [2.75, 3.05) is 14.1 Å². The third-order valence-corrected chi connectivity index (χ3v) is 2.38. The standard InChI is InChI=1S/C8H14N4O2/c1-8(7(13)14,11(2)3)4-12-6-9-5-10-12/h5-6H,4H2,1-3H3,(H,13,14). The summed E-state index contributed by atoms with van der Waals surface area (Å²) in [6, 6.07) is 0. The Morgan fingerprint density at radius 2 is 2.29 bits per heavy atom. The quantitative estimate of drug-likeness (QED) is 0.718. The highest BCUT2D eigenvalue weighted by atomic mass is 16.4. The Bertz CT molecular complexity index is 309. The molecule has 0 bridgehead atoms. The van der Waals surface area contributed by atoms with Crippen LogP contribution in [0.1, 0.15) is 6.92 Å². The third kappa shape index (κ3) is 1.90. The highest BCUT2D eigenvalue weighted by Crippen LogP contribution is 2.13. The van der Waals surface area contributed by atoms with Gasteiger partial charge in [0.15, 0.2) is 0 Å². The third-order valence-electron chi connectivity index (χ3n) is 2.38. The summed E-state index contributed by atoms with van der Waals surface area (Å²) in [6.07, 6.45) is 2.89. The lowest BCUT2D eigenvalue weighted by Crippen LogP contribution is -2.51. The molecular weight excluding hydrogens is 184 g/mol. The number of hydrogen-bond donors (Lipinski definition) is 1. The maximum absolute atomic E-state index is 11.1. The normalized spacial score (nSPS) is 15.4. The Balaban J connectivity index is 2.85. The fraction of sp³-hybridized carbons (Fsp3) is 0.625. The molecule has 6 nitrogen and oxygen atoms in total. The van der Waals surface area contributed by atoms with Gasteiger partial charge in [0, 0.05) is 0 Å². The zero-order chi connectivity index (χ0) is 10.8. The van der Waals surface area contributed by atoms with E-state index in [-0.39, 0.29) is 6.54 Å². The highest BCUT2D eigenvalue weighted by Gasteiger charge is 2.36. The largest absolute Gasteiger partial charge is 0.480 e. The van der Waals surface area contributed by atoms with E-state index in [1.165, 1.54) is 17.3 Å². The molecule has 1 unspecified atom stereocenters. The Hall–Kier alpha value is -1.43. The smallest absolute Gasteiger partial charge is 0.325 e. The Labute approximate surface area is 82.2 Å². The van der Waals surface area contributed by atoms with Gasteiger partial charge in [-0.1, -0.05) is 0 Å². The van der Waals surface area contributed by atoms with Crippen LogP contribution in [0.4, 0.5) is 0 Å². The van der Waals surface area contributed by atoms with Gasteiger partial charge in [-0.3, -0.25) is 14.4 Å². The van der Waals surface area contributed by atoms with Gasteiger partial charge in [-0.25, -0.2) is 4.98 Å². The number of carboxylic acids is 1. The van der Waals surface area contributed by atoms with Crippen LogP contribution in [0, 0.1) is 0 Å². The van der Waals surface area contributed by atoms with Crippen molar-refractivity contribution >= 4 is 5.97 Å². The molecule has 0 amide bonds. The van der Waals surface area contributed by atoms with Gasteiger partial charge < -0.3 is 5.11 Å². The average Bonchev–Trinajstić information content (AvgIpc) is 2.55. The second-order valence-corrected chi connectivity index (χ2v) is 3.57. The predicted octanol–water partition coefficient (Wildman–Crippen LogP) is -0.317. The summed E-state index contributed by atoms with van der Waals surface area (Å²) in [5.74, 6) is -0.877. The molecule has 14 heavy (non-hydrogen) atoms. The fourth-order valence-corrected chi connectivity index (χ4v) is 1.03. The minimum atomic E-state index is -0.965. The molecule has 0 radical (unpaired) electrons. The van der Waals surface area contributed by atoms with E-state index in [0.29, 0.717) is 0 Å². The molecule has 1 atom stereocenters. The van der Waals surface area contributed by atoms with Crippen molar-refractivity contribution in [2.45, 2.75) is 19.0 Å². The van der Waals surface area contributed by atoms with E-state index in [1.807, 2.05) is 0 Å². The average molecular weight is 198 g/mol. The molecule has 0 aliphatic heterocycles. The zero-order valence-electron chi connectivity index (χ0n) is 8.51. The molecule has 0 spiro atoms. The molecule has 0 aromatic carbocycles. The van der Waals surface area contributed by atoms with Gasteiger partial charge in [0.05, 0.1) is 6.54 Å². The summed E-state index contributed by atoms with van der Waals surface area (Å²) in [6.45, 7) is 1.92. The predicted molar refractivity (Wildman–Crippen MR) is 49.7 cm³/mol. The summed E-state index contributed by atoms with van der Waals surface area (Å²) >= 11 is 0. The van der Waals surface area contributed by atoms with Crippen molar-refractivity contribution < 1.29 is 9.90 Å². The van der Waals surface area contributed by atoms with Gasteiger partial charge in [-0.15, -0.1) is 0 Å². The number of carboxylic acid groups (broad SMARTS) is 1. The van der Waals surface area contributed by atoms with E-state index in [1.54, 1.807) is 25.9 Å². The first-order valence-corrected chi connectivity index (χ1v) is 4.20. The summed E-state index contributed by atoms with van der Waals surface area (Å²) in [4.78, 5) is 16.5. The van der Waals surface area contributed by atoms with E-state index in [9.17, 15) is 4.79 Å².